The van der Waals surface area contributed by atoms with Gasteiger partial charge in [0.25, 0.3) is 0 Å². The minimum Gasteiger partial charge on any atom is -0.462 e. The fourth-order valence-electron chi connectivity index (χ4n) is 1.12. The van der Waals surface area contributed by atoms with Crippen molar-refractivity contribution in [2.45, 2.75) is 12.3 Å². The van der Waals surface area contributed by atoms with E-state index in [-0.39, 0.29) is 5.97 Å². The lowest BCUT2D eigenvalue weighted by molar-refractivity contribution is 0.0525. The van der Waals surface area contributed by atoms with Gasteiger partial charge in [-0.15, -0.1) is 0 Å². The van der Waals surface area contributed by atoms with Gasteiger partial charge in [0, 0.05) is 24.3 Å². The van der Waals surface area contributed by atoms with Crippen molar-refractivity contribution in [1.82, 2.24) is 4.57 Å². The Hall–Kier alpha value is -0.770. The molecule has 0 bridgehead atoms. The molecule has 1 rings (SSSR count). The molecule has 0 saturated heterocycles. The number of hydrogen-bond donors (Lipinski definition) is 0. The second kappa shape index (κ2) is 4.46. The molecule has 72 valence electrons. The molecule has 0 saturated carbocycles. The van der Waals surface area contributed by atoms with Crippen LogP contribution in [0.15, 0.2) is 12.3 Å². The van der Waals surface area contributed by atoms with Crippen molar-refractivity contribution in [1.29, 1.82) is 0 Å². The Labute approximate surface area is 85.8 Å². The zero-order chi connectivity index (χ0) is 9.84. The molecule has 3 nitrogen and oxygen atoms in total. The summed E-state index contributed by atoms with van der Waals surface area (Å²) >= 11 is 3.33. The maximum Gasteiger partial charge on any atom is 0.339 e. The molecule has 0 aliphatic carbocycles. The van der Waals surface area contributed by atoms with E-state index in [2.05, 4.69) is 15.9 Å². The number of halogens is 1. The second-order valence-electron chi connectivity index (χ2n) is 2.64. The average molecular weight is 246 g/mol. The molecular formula is C9H12BrNO2. The molecule has 1 aromatic heterocycles. The van der Waals surface area contributed by atoms with Gasteiger partial charge in [-0.1, -0.05) is 15.9 Å². The third kappa shape index (κ3) is 2.12. The van der Waals surface area contributed by atoms with E-state index in [1.807, 2.05) is 17.8 Å². The first-order valence-corrected chi connectivity index (χ1v) is 5.20. The Morgan fingerprint density at radius 2 is 2.38 bits per heavy atom. The van der Waals surface area contributed by atoms with Crippen LogP contribution in [0.2, 0.25) is 0 Å². The number of alkyl halides is 1. The highest BCUT2D eigenvalue weighted by atomic mass is 79.9. The van der Waals surface area contributed by atoms with Gasteiger partial charge < -0.3 is 9.30 Å². The average Bonchev–Trinajstić information content (AvgIpc) is 2.47. The summed E-state index contributed by atoms with van der Waals surface area (Å²) in [6.45, 7) is 2.21. The topological polar surface area (TPSA) is 31.2 Å². The normalized spacial score (nSPS) is 10.1. The Balaban J connectivity index is 2.93. The van der Waals surface area contributed by atoms with Crippen LogP contribution in [0.1, 0.15) is 23.0 Å². The van der Waals surface area contributed by atoms with Gasteiger partial charge in [0.2, 0.25) is 0 Å². The predicted octanol–water partition coefficient (Wildman–Crippen LogP) is 2.10. The minimum absolute atomic E-state index is 0.252. The van der Waals surface area contributed by atoms with Gasteiger partial charge >= 0.3 is 5.97 Å². The molecule has 4 heteroatoms. The summed E-state index contributed by atoms with van der Waals surface area (Å²) in [5.74, 6) is -0.252. The smallest absolute Gasteiger partial charge is 0.339 e. The molecule has 0 spiro atoms. The molecule has 0 N–H and O–H groups in total. The number of aromatic nitrogens is 1. The van der Waals surface area contributed by atoms with E-state index >= 15 is 0 Å². The molecule has 0 radical (unpaired) electrons. The molecule has 13 heavy (non-hydrogen) atoms. The Morgan fingerprint density at radius 1 is 1.69 bits per heavy atom. The van der Waals surface area contributed by atoms with Crippen LogP contribution in [-0.4, -0.2) is 17.1 Å². The number of carbonyl (C=O) groups excluding carboxylic acids is 1. The summed E-state index contributed by atoms with van der Waals surface area (Å²) in [5.41, 5.74) is 1.58. The van der Waals surface area contributed by atoms with Crippen molar-refractivity contribution in [2.75, 3.05) is 6.61 Å². The number of nitrogens with zero attached hydrogens (tertiary/aromatic N) is 1. The second-order valence-corrected chi connectivity index (χ2v) is 3.20. The van der Waals surface area contributed by atoms with Gasteiger partial charge in [-0.25, -0.2) is 4.79 Å². The number of aryl methyl sites for hydroxylation is 1. The SMILES string of the molecule is CCOC(=O)c1ccn(C)c1CBr. The highest BCUT2D eigenvalue weighted by Crippen LogP contribution is 2.14. The quantitative estimate of drug-likeness (QED) is 0.604. The van der Waals surface area contributed by atoms with Crippen molar-refractivity contribution < 1.29 is 9.53 Å². The number of hydrogen-bond acceptors (Lipinski definition) is 2. The van der Waals surface area contributed by atoms with E-state index < -0.39 is 0 Å². The first-order valence-electron chi connectivity index (χ1n) is 4.08. The zero-order valence-corrected chi connectivity index (χ0v) is 9.30. The summed E-state index contributed by atoms with van der Waals surface area (Å²) in [5, 5.41) is 0.657. The summed E-state index contributed by atoms with van der Waals surface area (Å²) in [4.78, 5) is 11.4. The van der Waals surface area contributed by atoms with Crippen molar-refractivity contribution >= 4 is 21.9 Å². The van der Waals surface area contributed by atoms with Gasteiger partial charge in [-0.3, -0.25) is 0 Å². The number of ether oxygens (including phenoxy) is 1. The fourth-order valence-corrected chi connectivity index (χ4v) is 1.82. The van der Waals surface area contributed by atoms with E-state index in [9.17, 15) is 4.79 Å². The standard InChI is InChI=1S/C9H12BrNO2/c1-3-13-9(12)7-4-5-11(2)8(7)6-10/h4-5H,3,6H2,1-2H3. The molecule has 0 fully saturated rings. The monoisotopic (exact) mass is 245 g/mol. The molecule has 0 atom stereocenters. The summed E-state index contributed by atoms with van der Waals surface area (Å²) in [6, 6.07) is 1.77. The number of esters is 1. The van der Waals surface area contributed by atoms with Crippen LogP contribution in [0.4, 0.5) is 0 Å². The molecule has 0 amide bonds. The predicted molar refractivity (Wildman–Crippen MR) is 54.0 cm³/mol. The Bertz CT molecular complexity index is 307. The maximum atomic E-state index is 11.4. The van der Waals surface area contributed by atoms with Crippen LogP contribution in [-0.2, 0) is 17.1 Å². The van der Waals surface area contributed by atoms with Crippen molar-refractivity contribution in [3.05, 3.63) is 23.5 Å². The molecule has 0 aromatic carbocycles. The molecule has 0 unspecified atom stereocenters. The minimum atomic E-state index is -0.252. The van der Waals surface area contributed by atoms with E-state index in [1.54, 1.807) is 13.0 Å². The van der Waals surface area contributed by atoms with Crippen molar-refractivity contribution in [2.24, 2.45) is 7.05 Å². The van der Waals surface area contributed by atoms with Crippen LogP contribution in [0, 0.1) is 0 Å². The largest absolute Gasteiger partial charge is 0.462 e. The van der Waals surface area contributed by atoms with Crippen molar-refractivity contribution in [3.8, 4) is 0 Å². The molecular weight excluding hydrogens is 234 g/mol. The van der Waals surface area contributed by atoms with E-state index in [1.165, 1.54) is 0 Å². The molecule has 1 aromatic rings. The maximum absolute atomic E-state index is 11.4. The Kier molecular flexibility index (Phi) is 3.54. The van der Waals surface area contributed by atoms with Crippen LogP contribution >= 0.6 is 15.9 Å². The lowest BCUT2D eigenvalue weighted by atomic mass is 10.2. The third-order valence-corrected chi connectivity index (χ3v) is 2.35. The number of carbonyl (C=O) groups is 1. The highest BCUT2D eigenvalue weighted by Gasteiger charge is 2.13. The van der Waals surface area contributed by atoms with Gasteiger partial charge in [0.15, 0.2) is 0 Å². The summed E-state index contributed by atoms with van der Waals surface area (Å²) in [7, 11) is 1.90. The summed E-state index contributed by atoms with van der Waals surface area (Å²) in [6.07, 6.45) is 1.85. The Morgan fingerprint density at radius 3 is 2.92 bits per heavy atom. The van der Waals surface area contributed by atoms with Gasteiger partial charge in [-0.05, 0) is 13.0 Å². The van der Waals surface area contributed by atoms with Crippen molar-refractivity contribution in [3.63, 3.8) is 0 Å². The highest BCUT2D eigenvalue weighted by molar-refractivity contribution is 9.08. The van der Waals surface area contributed by atoms with E-state index in [0.29, 0.717) is 17.5 Å². The fraction of sp³-hybridized carbons (Fsp3) is 0.444. The summed E-state index contributed by atoms with van der Waals surface area (Å²) < 4.78 is 6.81. The van der Waals surface area contributed by atoms with Gasteiger partial charge in [0.1, 0.15) is 0 Å². The first kappa shape index (κ1) is 10.3. The van der Waals surface area contributed by atoms with E-state index in [0.717, 1.165) is 5.69 Å². The van der Waals surface area contributed by atoms with Crippen LogP contribution in [0.25, 0.3) is 0 Å². The number of rotatable bonds is 3. The van der Waals surface area contributed by atoms with E-state index in [4.69, 9.17) is 4.74 Å². The molecule has 0 aliphatic rings. The van der Waals surface area contributed by atoms with Gasteiger partial charge in [0.05, 0.1) is 12.2 Å². The van der Waals surface area contributed by atoms with Crippen LogP contribution < -0.4 is 0 Å². The van der Waals surface area contributed by atoms with Crippen LogP contribution in [0.5, 0.6) is 0 Å². The van der Waals surface area contributed by atoms with Crippen LogP contribution in [0.3, 0.4) is 0 Å². The third-order valence-electron chi connectivity index (χ3n) is 1.82. The molecule has 1 heterocycles. The lowest BCUT2D eigenvalue weighted by Crippen LogP contribution is -2.07. The molecule has 0 aliphatic heterocycles. The lowest BCUT2D eigenvalue weighted by Gasteiger charge is -2.03. The van der Waals surface area contributed by atoms with Gasteiger partial charge in [-0.2, -0.15) is 0 Å². The zero-order valence-electron chi connectivity index (χ0n) is 7.71. The first-order chi connectivity index (χ1) is 6.20.